The van der Waals surface area contributed by atoms with E-state index >= 15 is 0 Å². The summed E-state index contributed by atoms with van der Waals surface area (Å²) in [5.41, 5.74) is 2.07. The molecule has 2 amide bonds. The highest BCUT2D eigenvalue weighted by Crippen LogP contribution is 2.33. The molecule has 8 nitrogen and oxygen atoms in total. The van der Waals surface area contributed by atoms with Gasteiger partial charge in [0.05, 0.1) is 6.54 Å². The average Bonchev–Trinajstić information content (AvgIpc) is 3.64. The highest BCUT2D eigenvalue weighted by molar-refractivity contribution is 7.91. The molecule has 4 heterocycles. The Labute approximate surface area is 223 Å². The summed E-state index contributed by atoms with van der Waals surface area (Å²) in [7, 11) is -3.86. The van der Waals surface area contributed by atoms with Gasteiger partial charge in [0.2, 0.25) is 11.8 Å². The van der Waals surface area contributed by atoms with Crippen molar-refractivity contribution in [2.24, 2.45) is 0 Å². The molecule has 2 atom stereocenters. The molecule has 2 unspecified atom stereocenters. The number of sulfonamides is 1. The van der Waals surface area contributed by atoms with Crippen LogP contribution < -0.4 is 4.72 Å². The van der Waals surface area contributed by atoms with E-state index in [1.807, 2.05) is 42.2 Å². The minimum Gasteiger partial charge on any atom is -0.337 e. The van der Waals surface area contributed by atoms with Gasteiger partial charge in [-0.25, -0.2) is 8.42 Å². The van der Waals surface area contributed by atoms with E-state index in [4.69, 9.17) is 0 Å². The quantitative estimate of drug-likeness (QED) is 0.552. The molecule has 0 aliphatic carbocycles. The van der Waals surface area contributed by atoms with E-state index in [0.717, 1.165) is 55.0 Å². The second kappa shape index (κ2) is 11.2. The van der Waals surface area contributed by atoms with E-state index in [-0.39, 0.29) is 28.6 Å². The fourth-order valence-electron chi connectivity index (χ4n) is 5.78. The highest BCUT2D eigenvalue weighted by atomic mass is 32.2. The van der Waals surface area contributed by atoms with Gasteiger partial charge < -0.3 is 14.7 Å². The van der Waals surface area contributed by atoms with E-state index in [0.29, 0.717) is 19.4 Å². The Hall–Kier alpha value is -2.27. The lowest BCUT2D eigenvalue weighted by atomic mass is 10.1. The molecule has 3 saturated heterocycles. The van der Waals surface area contributed by atoms with Gasteiger partial charge in [0.15, 0.2) is 0 Å². The third-order valence-electron chi connectivity index (χ3n) is 7.78. The predicted molar refractivity (Wildman–Crippen MR) is 145 cm³/mol. The monoisotopic (exact) mass is 544 g/mol. The fraction of sp³-hybridized carbons (Fsp3) is 0.556. The number of rotatable bonds is 8. The van der Waals surface area contributed by atoms with Crippen LogP contribution >= 0.6 is 11.3 Å². The molecular weight excluding hydrogens is 508 g/mol. The van der Waals surface area contributed by atoms with Crippen LogP contribution in [0.3, 0.4) is 0 Å². The van der Waals surface area contributed by atoms with Gasteiger partial charge in [0.25, 0.3) is 10.0 Å². The van der Waals surface area contributed by atoms with Crippen LogP contribution in [0.25, 0.3) is 10.4 Å². The minimum atomic E-state index is -3.86. The number of hydrogen-bond acceptors (Lipinski definition) is 6. The number of likely N-dealkylation sites (tertiary alicyclic amines) is 3. The van der Waals surface area contributed by atoms with Crippen molar-refractivity contribution in [3.05, 3.63) is 42.0 Å². The molecule has 3 aliphatic heterocycles. The Morgan fingerprint density at radius 3 is 2.54 bits per heavy atom. The van der Waals surface area contributed by atoms with Gasteiger partial charge >= 0.3 is 0 Å². The number of carbonyl (C=O) groups is 2. The normalized spacial score (nSPS) is 23.2. The van der Waals surface area contributed by atoms with Gasteiger partial charge in [-0.1, -0.05) is 24.3 Å². The molecule has 0 saturated carbocycles. The molecule has 2 aromatic rings. The summed E-state index contributed by atoms with van der Waals surface area (Å²) in [6.45, 7) is 6.33. The Morgan fingerprint density at radius 2 is 1.76 bits per heavy atom. The number of carbonyl (C=O) groups excluding carboxylic acids is 2. The van der Waals surface area contributed by atoms with Crippen LogP contribution in [-0.4, -0.2) is 86.3 Å². The van der Waals surface area contributed by atoms with E-state index in [1.165, 1.54) is 29.1 Å². The van der Waals surface area contributed by atoms with Crippen molar-refractivity contribution in [3.8, 4) is 10.4 Å². The van der Waals surface area contributed by atoms with Crippen molar-refractivity contribution in [2.45, 2.75) is 61.7 Å². The third-order valence-corrected chi connectivity index (χ3v) is 10.9. The van der Waals surface area contributed by atoms with Gasteiger partial charge in [0, 0.05) is 30.6 Å². The summed E-state index contributed by atoms with van der Waals surface area (Å²) in [6, 6.07) is 10.6. The van der Waals surface area contributed by atoms with Crippen molar-refractivity contribution in [2.75, 3.05) is 39.3 Å². The minimum absolute atomic E-state index is 0.0179. The molecule has 1 aromatic carbocycles. The largest absolute Gasteiger partial charge is 0.337 e. The molecule has 1 aromatic heterocycles. The summed E-state index contributed by atoms with van der Waals surface area (Å²) in [6.07, 6.45) is 5.52. The number of nitrogens with zero attached hydrogens (tertiary/aromatic N) is 3. The van der Waals surface area contributed by atoms with Crippen LogP contribution in [0.1, 0.15) is 44.1 Å². The molecule has 37 heavy (non-hydrogen) atoms. The average molecular weight is 545 g/mol. The van der Waals surface area contributed by atoms with E-state index in [1.54, 1.807) is 6.07 Å². The van der Waals surface area contributed by atoms with Gasteiger partial charge in [-0.3, -0.25) is 9.59 Å². The van der Waals surface area contributed by atoms with Crippen molar-refractivity contribution in [1.82, 2.24) is 19.4 Å². The first-order valence-corrected chi connectivity index (χ1v) is 15.6. The first kappa shape index (κ1) is 26.3. The number of benzene rings is 1. The second-order valence-corrected chi connectivity index (χ2v) is 13.4. The molecule has 10 heteroatoms. The molecule has 200 valence electrons. The number of thiophene rings is 1. The molecule has 0 spiro atoms. The maximum absolute atomic E-state index is 13.2. The SMILES string of the molecule is Cc1ccccc1-c1ccc(S(=O)(=O)NC2CCCN(CC(=O)N3CCCC3CN3CCCC3)C2=O)s1. The third kappa shape index (κ3) is 5.92. The van der Waals surface area contributed by atoms with Crippen LogP contribution in [0.4, 0.5) is 0 Å². The summed E-state index contributed by atoms with van der Waals surface area (Å²) in [5.74, 6) is -0.339. The van der Waals surface area contributed by atoms with Gasteiger partial charge in [0.1, 0.15) is 10.3 Å². The van der Waals surface area contributed by atoms with E-state index < -0.39 is 16.1 Å². The van der Waals surface area contributed by atoms with Crippen LogP contribution in [0.5, 0.6) is 0 Å². The van der Waals surface area contributed by atoms with Crippen LogP contribution in [-0.2, 0) is 19.6 Å². The van der Waals surface area contributed by atoms with Crippen molar-refractivity contribution in [1.29, 1.82) is 0 Å². The molecule has 1 N–H and O–H groups in total. The number of nitrogens with one attached hydrogen (secondary N) is 1. The molecule has 0 bridgehead atoms. The maximum Gasteiger partial charge on any atom is 0.250 e. The van der Waals surface area contributed by atoms with Crippen LogP contribution in [0.2, 0.25) is 0 Å². The van der Waals surface area contributed by atoms with Crippen LogP contribution in [0.15, 0.2) is 40.6 Å². The second-order valence-electron chi connectivity index (χ2n) is 10.4. The van der Waals surface area contributed by atoms with Crippen LogP contribution in [0, 0.1) is 6.92 Å². The fourth-order valence-corrected chi connectivity index (χ4v) is 8.42. The van der Waals surface area contributed by atoms with Gasteiger partial charge in [-0.15, -0.1) is 11.3 Å². The highest BCUT2D eigenvalue weighted by Gasteiger charge is 2.36. The Morgan fingerprint density at radius 1 is 1.00 bits per heavy atom. The molecule has 3 aliphatic rings. The van der Waals surface area contributed by atoms with Crippen molar-refractivity contribution >= 4 is 33.2 Å². The summed E-state index contributed by atoms with van der Waals surface area (Å²) < 4.78 is 29.2. The lowest BCUT2D eigenvalue weighted by molar-refractivity contribution is -0.143. The first-order chi connectivity index (χ1) is 17.8. The van der Waals surface area contributed by atoms with Crippen molar-refractivity contribution < 1.29 is 18.0 Å². The topological polar surface area (TPSA) is 90.0 Å². The number of amides is 2. The Bertz CT molecular complexity index is 1240. The summed E-state index contributed by atoms with van der Waals surface area (Å²) in [5, 5.41) is 0. The smallest absolute Gasteiger partial charge is 0.250 e. The van der Waals surface area contributed by atoms with Gasteiger partial charge in [-0.2, -0.15) is 4.72 Å². The standard InChI is InChI=1S/C27H36N4O4S2/c1-20-8-2-3-10-22(20)24-12-13-26(36-24)37(34,35)28-23-11-7-16-30(27(23)33)19-25(32)31-17-6-9-21(31)18-29-14-4-5-15-29/h2-3,8,10,12-13,21,23,28H,4-7,9,11,14-19H2,1H3. The lowest BCUT2D eigenvalue weighted by Gasteiger charge is -2.34. The Balaban J connectivity index is 1.21. The summed E-state index contributed by atoms with van der Waals surface area (Å²) >= 11 is 1.20. The molecular formula is C27H36N4O4S2. The predicted octanol–water partition coefficient (Wildman–Crippen LogP) is 3.08. The number of hydrogen-bond donors (Lipinski definition) is 1. The van der Waals surface area contributed by atoms with Gasteiger partial charge in [-0.05, 0) is 81.8 Å². The van der Waals surface area contributed by atoms with E-state index in [2.05, 4.69) is 9.62 Å². The Kier molecular flexibility index (Phi) is 7.99. The molecule has 5 rings (SSSR count). The molecule has 0 radical (unpaired) electrons. The molecule has 3 fully saturated rings. The number of aryl methyl sites for hydroxylation is 1. The number of piperidine rings is 1. The van der Waals surface area contributed by atoms with E-state index in [9.17, 15) is 18.0 Å². The zero-order valence-corrected chi connectivity index (χ0v) is 23.0. The van der Waals surface area contributed by atoms with Crippen molar-refractivity contribution in [3.63, 3.8) is 0 Å². The maximum atomic E-state index is 13.2. The zero-order chi connectivity index (χ0) is 26.0. The summed E-state index contributed by atoms with van der Waals surface area (Å²) in [4.78, 5) is 33.2. The zero-order valence-electron chi connectivity index (χ0n) is 21.4. The first-order valence-electron chi connectivity index (χ1n) is 13.3. The lowest BCUT2D eigenvalue weighted by Crippen LogP contribution is -2.55.